The second kappa shape index (κ2) is 7.72. The lowest BCUT2D eigenvalue weighted by Gasteiger charge is -2.05. The number of carbonyl (C=O) groups excluding carboxylic acids is 1. The normalized spacial score (nSPS) is 10.6. The molecule has 0 aliphatic rings. The van der Waals surface area contributed by atoms with E-state index in [-0.39, 0.29) is 12.3 Å². The number of nitrogens with zero attached hydrogens (tertiary/aromatic N) is 2. The SMILES string of the molecule is O=C(CCc1nc(-c2ccc(Br)cc2)no1)Nc1ccccc1Br. The minimum Gasteiger partial charge on any atom is -0.339 e. The lowest BCUT2D eigenvalue weighted by atomic mass is 10.2. The third kappa shape index (κ3) is 4.30. The highest BCUT2D eigenvalue weighted by Gasteiger charge is 2.11. The molecule has 1 amide bonds. The molecular weight excluding hydrogens is 438 g/mol. The number of aromatic nitrogens is 2. The van der Waals surface area contributed by atoms with Gasteiger partial charge in [0.1, 0.15) is 0 Å². The summed E-state index contributed by atoms with van der Waals surface area (Å²) in [7, 11) is 0. The minimum absolute atomic E-state index is 0.106. The molecule has 1 aromatic heterocycles. The molecule has 5 nitrogen and oxygen atoms in total. The molecule has 7 heteroatoms. The van der Waals surface area contributed by atoms with E-state index in [9.17, 15) is 4.79 Å². The third-order valence-corrected chi connectivity index (χ3v) is 4.50. The lowest BCUT2D eigenvalue weighted by Crippen LogP contribution is -2.12. The van der Waals surface area contributed by atoms with Crippen LogP contribution in [0.25, 0.3) is 11.4 Å². The van der Waals surface area contributed by atoms with Gasteiger partial charge < -0.3 is 9.84 Å². The van der Waals surface area contributed by atoms with Crippen LogP contribution in [-0.4, -0.2) is 16.0 Å². The molecule has 0 unspecified atom stereocenters. The summed E-state index contributed by atoms with van der Waals surface area (Å²) in [5.41, 5.74) is 1.61. The van der Waals surface area contributed by atoms with Crippen LogP contribution in [0.4, 0.5) is 5.69 Å². The van der Waals surface area contributed by atoms with Crippen LogP contribution in [0.5, 0.6) is 0 Å². The summed E-state index contributed by atoms with van der Waals surface area (Å²) in [5, 5.41) is 6.80. The minimum atomic E-state index is -0.106. The van der Waals surface area contributed by atoms with Gasteiger partial charge in [0.05, 0.1) is 5.69 Å². The fourth-order valence-electron chi connectivity index (χ4n) is 2.07. The van der Waals surface area contributed by atoms with E-state index in [4.69, 9.17) is 4.52 Å². The zero-order valence-electron chi connectivity index (χ0n) is 12.5. The number of para-hydroxylation sites is 1. The molecule has 0 saturated heterocycles. The summed E-state index contributed by atoms with van der Waals surface area (Å²) in [6.45, 7) is 0. The Morgan fingerprint density at radius 2 is 1.83 bits per heavy atom. The Morgan fingerprint density at radius 1 is 1.08 bits per heavy atom. The molecule has 3 rings (SSSR count). The highest BCUT2D eigenvalue weighted by Crippen LogP contribution is 2.22. The summed E-state index contributed by atoms with van der Waals surface area (Å²) in [6, 6.07) is 15.1. The number of rotatable bonds is 5. The second-order valence-corrected chi connectivity index (χ2v) is 6.82. The van der Waals surface area contributed by atoms with Crippen molar-refractivity contribution in [3.05, 3.63) is 63.4 Å². The molecule has 0 spiro atoms. The van der Waals surface area contributed by atoms with E-state index in [0.29, 0.717) is 18.1 Å². The Kier molecular flexibility index (Phi) is 5.42. The van der Waals surface area contributed by atoms with E-state index >= 15 is 0 Å². The van der Waals surface area contributed by atoms with E-state index < -0.39 is 0 Å². The molecule has 0 atom stereocenters. The number of anilines is 1. The predicted molar refractivity (Wildman–Crippen MR) is 98.5 cm³/mol. The van der Waals surface area contributed by atoms with E-state index in [1.807, 2.05) is 48.5 Å². The maximum absolute atomic E-state index is 12.0. The summed E-state index contributed by atoms with van der Waals surface area (Å²) >= 11 is 6.78. The van der Waals surface area contributed by atoms with Crippen molar-refractivity contribution < 1.29 is 9.32 Å². The molecule has 0 bridgehead atoms. The number of benzene rings is 2. The molecule has 0 fully saturated rings. The first-order valence-corrected chi connectivity index (χ1v) is 8.83. The van der Waals surface area contributed by atoms with Crippen LogP contribution in [-0.2, 0) is 11.2 Å². The van der Waals surface area contributed by atoms with Crippen molar-refractivity contribution >= 4 is 43.5 Å². The van der Waals surface area contributed by atoms with Gasteiger partial charge in [-0.25, -0.2) is 0 Å². The first-order chi connectivity index (χ1) is 11.6. The van der Waals surface area contributed by atoms with Crippen molar-refractivity contribution in [2.24, 2.45) is 0 Å². The number of halogens is 2. The number of amides is 1. The average Bonchev–Trinajstić information content (AvgIpc) is 3.05. The molecule has 24 heavy (non-hydrogen) atoms. The number of nitrogens with one attached hydrogen (secondary N) is 1. The molecule has 122 valence electrons. The van der Waals surface area contributed by atoms with Gasteiger partial charge in [-0.05, 0) is 52.3 Å². The fourth-order valence-corrected chi connectivity index (χ4v) is 2.72. The molecule has 0 aliphatic carbocycles. The van der Waals surface area contributed by atoms with Crippen LogP contribution >= 0.6 is 31.9 Å². The Hall–Kier alpha value is -1.99. The zero-order valence-corrected chi connectivity index (χ0v) is 15.7. The standard InChI is InChI=1S/C17H13Br2N3O2/c18-12-7-5-11(6-8-12)17-21-16(24-22-17)10-9-15(23)20-14-4-2-1-3-13(14)19/h1-8H,9-10H2,(H,20,23). The van der Waals surface area contributed by atoms with Crippen molar-refractivity contribution in [3.63, 3.8) is 0 Å². The van der Waals surface area contributed by atoms with Crippen LogP contribution in [0.15, 0.2) is 62.0 Å². The Labute approximate surface area is 155 Å². The van der Waals surface area contributed by atoms with E-state index in [0.717, 1.165) is 20.2 Å². The van der Waals surface area contributed by atoms with Gasteiger partial charge in [0, 0.05) is 27.4 Å². The van der Waals surface area contributed by atoms with Crippen molar-refractivity contribution in [1.82, 2.24) is 10.1 Å². The van der Waals surface area contributed by atoms with Crippen LogP contribution in [0.1, 0.15) is 12.3 Å². The molecule has 0 radical (unpaired) electrons. The Bertz CT molecular complexity index is 847. The molecule has 2 aromatic carbocycles. The van der Waals surface area contributed by atoms with Gasteiger partial charge in [0.2, 0.25) is 17.6 Å². The number of hydrogen-bond donors (Lipinski definition) is 1. The number of hydrogen-bond acceptors (Lipinski definition) is 4. The highest BCUT2D eigenvalue weighted by atomic mass is 79.9. The third-order valence-electron chi connectivity index (χ3n) is 3.28. The van der Waals surface area contributed by atoms with Crippen molar-refractivity contribution in [1.29, 1.82) is 0 Å². The van der Waals surface area contributed by atoms with Gasteiger partial charge in [0.15, 0.2) is 0 Å². The first kappa shape index (κ1) is 16.9. The lowest BCUT2D eigenvalue weighted by molar-refractivity contribution is -0.116. The number of carbonyl (C=O) groups is 1. The van der Waals surface area contributed by atoms with Crippen molar-refractivity contribution in [3.8, 4) is 11.4 Å². The van der Waals surface area contributed by atoms with Crippen LogP contribution in [0, 0.1) is 0 Å². The van der Waals surface area contributed by atoms with E-state index in [1.165, 1.54) is 0 Å². The fraction of sp³-hybridized carbons (Fsp3) is 0.118. The average molecular weight is 451 g/mol. The molecule has 1 N–H and O–H groups in total. The van der Waals surface area contributed by atoms with Crippen LogP contribution < -0.4 is 5.32 Å². The second-order valence-electron chi connectivity index (χ2n) is 5.05. The molecule has 3 aromatic rings. The molecule has 1 heterocycles. The summed E-state index contributed by atoms with van der Waals surface area (Å²) in [6.07, 6.45) is 0.656. The van der Waals surface area contributed by atoms with E-state index in [2.05, 4.69) is 47.3 Å². The van der Waals surface area contributed by atoms with Gasteiger partial charge >= 0.3 is 0 Å². The molecule has 0 saturated carbocycles. The summed E-state index contributed by atoms with van der Waals surface area (Å²) < 4.78 is 7.04. The van der Waals surface area contributed by atoms with E-state index in [1.54, 1.807) is 0 Å². The first-order valence-electron chi connectivity index (χ1n) is 7.25. The highest BCUT2D eigenvalue weighted by molar-refractivity contribution is 9.10. The van der Waals surface area contributed by atoms with Gasteiger partial charge in [-0.3, -0.25) is 4.79 Å². The smallest absolute Gasteiger partial charge is 0.227 e. The molecular formula is C17H13Br2N3O2. The Morgan fingerprint density at radius 3 is 2.58 bits per heavy atom. The number of aryl methyl sites for hydroxylation is 1. The van der Waals surface area contributed by atoms with Gasteiger partial charge in [0.25, 0.3) is 0 Å². The van der Waals surface area contributed by atoms with Gasteiger partial charge in [-0.15, -0.1) is 0 Å². The van der Waals surface area contributed by atoms with Gasteiger partial charge in [-0.2, -0.15) is 4.98 Å². The van der Waals surface area contributed by atoms with Crippen molar-refractivity contribution in [2.45, 2.75) is 12.8 Å². The van der Waals surface area contributed by atoms with Crippen LogP contribution in [0.3, 0.4) is 0 Å². The van der Waals surface area contributed by atoms with Gasteiger partial charge in [-0.1, -0.05) is 33.2 Å². The topological polar surface area (TPSA) is 68.0 Å². The van der Waals surface area contributed by atoms with Crippen molar-refractivity contribution in [2.75, 3.05) is 5.32 Å². The summed E-state index contributed by atoms with van der Waals surface area (Å²) in [5.74, 6) is 0.851. The zero-order chi connectivity index (χ0) is 16.9. The predicted octanol–water partition coefficient (Wildman–Crippen LogP) is 4.83. The quantitative estimate of drug-likeness (QED) is 0.604. The maximum Gasteiger partial charge on any atom is 0.227 e. The monoisotopic (exact) mass is 449 g/mol. The largest absolute Gasteiger partial charge is 0.339 e. The Balaban J connectivity index is 1.58. The van der Waals surface area contributed by atoms with Crippen LogP contribution in [0.2, 0.25) is 0 Å². The summed E-state index contributed by atoms with van der Waals surface area (Å²) in [4.78, 5) is 16.3. The maximum atomic E-state index is 12.0. The molecule has 0 aliphatic heterocycles.